The zero-order chi connectivity index (χ0) is 14.7. The van der Waals surface area contributed by atoms with E-state index >= 15 is 0 Å². The minimum atomic E-state index is -0.0722. The van der Waals surface area contributed by atoms with Crippen molar-refractivity contribution in [3.63, 3.8) is 0 Å². The lowest BCUT2D eigenvalue weighted by Crippen LogP contribution is -2.45. The maximum Gasteiger partial charge on any atom is 0.0940 e. The van der Waals surface area contributed by atoms with Gasteiger partial charge in [-0.25, -0.2) is 0 Å². The van der Waals surface area contributed by atoms with Gasteiger partial charge in [0, 0.05) is 30.6 Å². The van der Waals surface area contributed by atoms with E-state index in [1.165, 1.54) is 10.5 Å². The average Bonchev–Trinajstić information content (AvgIpc) is 2.96. The van der Waals surface area contributed by atoms with Crippen LogP contribution < -0.4 is 11.3 Å². The highest BCUT2D eigenvalue weighted by atomic mass is 32.2. The highest BCUT2D eigenvalue weighted by molar-refractivity contribution is 7.98. The van der Waals surface area contributed by atoms with Gasteiger partial charge in [0.05, 0.1) is 12.2 Å². The Morgan fingerprint density at radius 2 is 2.14 bits per heavy atom. The molecule has 2 aliphatic rings. The van der Waals surface area contributed by atoms with Crippen LogP contribution in [-0.4, -0.2) is 31.7 Å². The minimum absolute atomic E-state index is 0.0722. The third-order valence-electron chi connectivity index (χ3n) is 4.72. The first kappa shape index (κ1) is 15.3. The zero-order valence-electron chi connectivity index (χ0n) is 12.5. The van der Waals surface area contributed by atoms with Gasteiger partial charge in [-0.15, -0.1) is 11.8 Å². The Hall–Kier alpha value is -0.590. The molecular weight excluding hydrogens is 284 g/mol. The summed E-state index contributed by atoms with van der Waals surface area (Å²) in [7, 11) is 0. The largest absolute Gasteiger partial charge is 0.378 e. The number of nitrogens with two attached hydrogens (primary N) is 1. The lowest BCUT2D eigenvalue weighted by atomic mass is 9.79. The Morgan fingerprint density at radius 3 is 2.76 bits per heavy atom. The molecule has 5 heteroatoms. The summed E-state index contributed by atoms with van der Waals surface area (Å²) >= 11 is 1.76. The van der Waals surface area contributed by atoms with Crippen LogP contribution in [0.25, 0.3) is 0 Å². The molecule has 3 rings (SSSR count). The number of hydrogen-bond acceptors (Lipinski definition) is 5. The molecule has 116 valence electrons. The molecule has 1 aromatic rings. The Balaban J connectivity index is 1.75. The normalized spacial score (nSPS) is 30.7. The lowest BCUT2D eigenvalue weighted by molar-refractivity contribution is -0.103. The molecule has 1 spiro atoms. The standard InChI is InChI=1S/C16H24N2O2S/c1-21-14-4-2-12(3-5-14)15(18-17)13-6-8-20-16(10-13)7-9-19-11-16/h2-5,13,15,18H,6-11,17H2,1H3. The van der Waals surface area contributed by atoms with E-state index < -0.39 is 0 Å². The Labute approximate surface area is 130 Å². The van der Waals surface area contributed by atoms with Gasteiger partial charge in [-0.2, -0.15) is 0 Å². The summed E-state index contributed by atoms with van der Waals surface area (Å²) in [5.74, 6) is 6.36. The summed E-state index contributed by atoms with van der Waals surface area (Å²) in [6.45, 7) is 2.34. The molecule has 0 amide bonds. The number of rotatable bonds is 4. The van der Waals surface area contributed by atoms with E-state index in [0.29, 0.717) is 5.92 Å². The molecule has 0 saturated carbocycles. The maximum absolute atomic E-state index is 6.03. The van der Waals surface area contributed by atoms with Crippen molar-refractivity contribution in [2.24, 2.45) is 11.8 Å². The molecule has 2 saturated heterocycles. The summed E-state index contributed by atoms with van der Waals surface area (Å²) in [6.07, 6.45) is 5.16. The van der Waals surface area contributed by atoms with E-state index in [2.05, 4.69) is 35.9 Å². The van der Waals surface area contributed by atoms with Gasteiger partial charge in [0.1, 0.15) is 0 Å². The molecule has 3 atom stereocenters. The van der Waals surface area contributed by atoms with Crippen molar-refractivity contribution >= 4 is 11.8 Å². The number of ether oxygens (including phenoxy) is 2. The van der Waals surface area contributed by atoms with Crippen LogP contribution in [0, 0.1) is 5.92 Å². The molecule has 1 aromatic carbocycles. The fourth-order valence-electron chi connectivity index (χ4n) is 3.53. The summed E-state index contributed by atoms with van der Waals surface area (Å²) in [6, 6.07) is 8.88. The first-order valence-electron chi connectivity index (χ1n) is 7.58. The predicted octanol–water partition coefficient (Wildman–Crippen LogP) is 2.50. The van der Waals surface area contributed by atoms with Gasteiger partial charge in [-0.3, -0.25) is 11.3 Å². The first-order chi connectivity index (χ1) is 10.3. The molecule has 3 unspecified atom stereocenters. The monoisotopic (exact) mass is 308 g/mol. The van der Waals surface area contributed by atoms with Gasteiger partial charge in [0.15, 0.2) is 0 Å². The van der Waals surface area contributed by atoms with E-state index in [4.69, 9.17) is 15.3 Å². The van der Waals surface area contributed by atoms with Gasteiger partial charge >= 0.3 is 0 Å². The SMILES string of the molecule is CSc1ccc(C(NN)C2CCOC3(CCOC3)C2)cc1. The van der Waals surface area contributed by atoms with Crippen molar-refractivity contribution in [2.45, 2.75) is 35.8 Å². The van der Waals surface area contributed by atoms with Crippen LogP contribution in [0.5, 0.6) is 0 Å². The van der Waals surface area contributed by atoms with Crippen LogP contribution >= 0.6 is 11.8 Å². The Kier molecular flexibility index (Phi) is 4.86. The van der Waals surface area contributed by atoms with Crippen molar-refractivity contribution in [3.05, 3.63) is 29.8 Å². The number of benzene rings is 1. The fourth-order valence-corrected chi connectivity index (χ4v) is 3.94. The molecule has 0 bridgehead atoms. The lowest BCUT2D eigenvalue weighted by Gasteiger charge is -2.40. The molecule has 0 aliphatic carbocycles. The fraction of sp³-hybridized carbons (Fsp3) is 0.625. The van der Waals surface area contributed by atoms with E-state index in [0.717, 1.165) is 39.1 Å². The topological polar surface area (TPSA) is 56.5 Å². The van der Waals surface area contributed by atoms with E-state index in [-0.39, 0.29) is 11.6 Å². The summed E-state index contributed by atoms with van der Waals surface area (Å²) in [4.78, 5) is 1.28. The van der Waals surface area contributed by atoms with Crippen molar-refractivity contribution in [2.75, 3.05) is 26.1 Å². The third kappa shape index (κ3) is 3.27. The van der Waals surface area contributed by atoms with Gasteiger partial charge in [-0.1, -0.05) is 12.1 Å². The summed E-state index contributed by atoms with van der Waals surface area (Å²) in [5, 5.41) is 0. The molecule has 2 fully saturated rings. The summed E-state index contributed by atoms with van der Waals surface area (Å²) < 4.78 is 11.6. The molecule has 3 N–H and O–H groups in total. The second-order valence-corrected chi connectivity index (χ2v) is 6.88. The average molecular weight is 308 g/mol. The zero-order valence-corrected chi connectivity index (χ0v) is 13.3. The minimum Gasteiger partial charge on any atom is -0.378 e. The van der Waals surface area contributed by atoms with Crippen LogP contribution in [0.1, 0.15) is 30.9 Å². The Bertz CT molecular complexity index is 460. The number of thioether (sulfide) groups is 1. The smallest absolute Gasteiger partial charge is 0.0940 e. The number of hydrazine groups is 1. The predicted molar refractivity (Wildman–Crippen MR) is 85.1 cm³/mol. The Morgan fingerprint density at radius 1 is 1.33 bits per heavy atom. The van der Waals surface area contributed by atoms with Crippen molar-refractivity contribution < 1.29 is 9.47 Å². The number of hydrogen-bond donors (Lipinski definition) is 2. The molecule has 21 heavy (non-hydrogen) atoms. The van der Waals surface area contributed by atoms with Crippen molar-refractivity contribution in [1.29, 1.82) is 0 Å². The van der Waals surface area contributed by atoms with Gasteiger partial charge in [0.2, 0.25) is 0 Å². The van der Waals surface area contributed by atoms with Gasteiger partial charge in [0.25, 0.3) is 0 Å². The van der Waals surface area contributed by atoms with E-state index in [1.54, 1.807) is 11.8 Å². The van der Waals surface area contributed by atoms with E-state index in [1.807, 2.05) is 0 Å². The highest BCUT2D eigenvalue weighted by Gasteiger charge is 2.43. The first-order valence-corrected chi connectivity index (χ1v) is 8.81. The molecule has 0 aromatic heterocycles. The number of nitrogens with one attached hydrogen (secondary N) is 1. The van der Waals surface area contributed by atoms with Crippen LogP contribution in [0.4, 0.5) is 0 Å². The molecule has 4 nitrogen and oxygen atoms in total. The summed E-state index contributed by atoms with van der Waals surface area (Å²) in [5.41, 5.74) is 4.22. The van der Waals surface area contributed by atoms with Crippen LogP contribution in [0.3, 0.4) is 0 Å². The third-order valence-corrected chi connectivity index (χ3v) is 5.47. The van der Waals surface area contributed by atoms with Gasteiger partial charge in [-0.05, 0) is 42.7 Å². The van der Waals surface area contributed by atoms with E-state index in [9.17, 15) is 0 Å². The second kappa shape index (κ2) is 6.67. The van der Waals surface area contributed by atoms with Crippen LogP contribution in [-0.2, 0) is 9.47 Å². The second-order valence-electron chi connectivity index (χ2n) is 6.00. The maximum atomic E-state index is 6.03. The molecular formula is C16H24N2O2S. The molecule has 2 heterocycles. The molecule has 2 aliphatic heterocycles. The van der Waals surface area contributed by atoms with Crippen molar-refractivity contribution in [1.82, 2.24) is 5.43 Å². The highest BCUT2D eigenvalue weighted by Crippen LogP contribution is 2.40. The molecule has 0 radical (unpaired) electrons. The van der Waals surface area contributed by atoms with Crippen molar-refractivity contribution in [3.8, 4) is 0 Å². The van der Waals surface area contributed by atoms with Gasteiger partial charge < -0.3 is 9.47 Å². The van der Waals surface area contributed by atoms with Crippen LogP contribution in [0.15, 0.2) is 29.2 Å². The van der Waals surface area contributed by atoms with Crippen LogP contribution in [0.2, 0.25) is 0 Å². The quantitative estimate of drug-likeness (QED) is 0.508.